The maximum absolute atomic E-state index is 12.7. The Labute approximate surface area is 150 Å². The fourth-order valence-corrected chi connectivity index (χ4v) is 2.16. The molecule has 0 bridgehead atoms. The van der Waals surface area contributed by atoms with Gasteiger partial charge in [-0.05, 0) is 31.2 Å². The highest BCUT2D eigenvalue weighted by Gasteiger charge is 2.30. The van der Waals surface area contributed by atoms with Crippen molar-refractivity contribution in [3.05, 3.63) is 47.8 Å². The van der Waals surface area contributed by atoms with E-state index in [1.807, 2.05) is 20.0 Å². The minimum Gasteiger partial charge on any atom is -0.492 e. The number of aromatic nitrogens is 2. The molecule has 1 aromatic carbocycles. The molecule has 2 rings (SSSR count). The molecule has 1 aromatic heterocycles. The van der Waals surface area contributed by atoms with Crippen molar-refractivity contribution in [3.8, 4) is 5.75 Å². The van der Waals surface area contributed by atoms with Crippen LogP contribution in [0.25, 0.3) is 0 Å². The summed E-state index contributed by atoms with van der Waals surface area (Å²) in [4.78, 5) is 4.44. The molecular formula is C17H22F3N5O. The zero-order valence-corrected chi connectivity index (χ0v) is 14.7. The summed E-state index contributed by atoms with van der Waals surface area (Å²) in [6.45, 7) is 3.69. The second-order valence-electron chi connectivity index (χ2n) is 5.44. The molecule has 1 heterocycles. The summed E-state index contributed by atoms with van der Waals surface area (Å²) in [6, 6.07) is 6.70. The molecule has 0 spiro atoms. The van der Waals surface area contributed by atoms with E-state index < -0.39 is 11.7 Å². The quantitative estimate of drug-likeness (QED) is 0.447. The van der Waals surface area contributed by atoms with Crippen LogP contribution in [0.1, 0.15) is 18.2 Å². The minimum absolute atomic E-state index is 0.179. The predicted molar refractivity (Wildman–Crippen MR) is 93.0 cm³/mol. The van der Waals surface area contributed by atoms with Crippen molar-refractivity contribution in [3.63, 3.8) is 0 Å². The van der Waals surface area contributed by atoms with Gasteiger partial charge < -0.3 is 15.4 Å². The van der Waals surface area contributed by atoms with Gasteiger partial charge in [0, 0.05) is 19.8 Å². The Bertz CT molecular complexity index is 727. The summed E-state index contributed by atoms with van der Waals surface area (Å²) in [5, 5.41) is 10.3. The molecule has 0 aliphatic heterocycles. The second kappa shape index (κ2) is 9.12. The van der Waals surface area contributed by atoms with Gasteiger partial charge >= 0.3 is 6.18 Å². The number of ether oxygens (including phenoxy) is 1. The van der Waals surface area contributed by atoms with Gasteiger partial charge in [-0.1, -0.05) is 6.07 Å². The average molecular weight is 369 g/mol. The maximum atomic E-state index is 12.7. The SMILES string of the molecule is CCNC(=NCc1ccnn1C)NCCOc1cccc(C(F)(F)F)c1. The largest absolute Gasteiger partial charge is 0.492 e. The molecule has 142 valence electrons. The predicted octanol–water partition coefficient (Wildman–Crippen LogP) is 2.57. The van der Waals surface area contributed by atoms with E-state index in [2.05, 4.69) is 20.7 Å². The lowest BCUT2D eigenvalue weighted by Gasteiger charge is -2.13. The van der Waals surface area contributed by atoms with Crippen LogP contribution in [0.15, 0.2) is 41.5 Å². The van der Waals surface area contributed by atoms with Gasteiger partial charge in [-0.2, -0.15) is 18.3 Å². The van der Waals surface area contributed by atoms with Crippen LogP contribution in [0.2, 0.25) is 0 Å². The van der Waals surface area contributed by atoms with E-state index in [4.69, 9.17) is 4.74 Å². The molecule has 0 aliphatic rings. The van der Waals surface area contributed by atoms with Crippen LogP contribution in [0.5, 0.6) is 5.75 Å². The molecular weight excluding hydrogens is 347 g/mol. The summed E-state index contributed by atoms with van der Waals surface area (Å²) in [5.74, 6) is 0.778. The number of halogens is 3. The number of nitrogens with one attached hydrogen (secondary N) is 2. The minimum atomic E-state index is -4.38. The van der Waals surface area contributed by atoms with Gasteiger partial charge in [0.2, 0.25) is 0 Å². The number of hydrogen-bond donors (Lipinski definition) is 2. The van der Waals surface area contributed by atoms with Gasteiger partial charge in [0.05, 0.1) is 24.3 Å². The number of nitrogens with zero attached hydrogens (tertiary/aromatic N) is 3. The maximum Gasteiger partial charge on any atom is 0.416 e. The molecule has 0 atom stereocenters. The van der Waals surface area contributed by atoms with Crippen LogP contribution in [0, 0.1) is 0 Å². The standard InChI is InChI=1S/C17H22F3N5O/c1-3-21-16(23-12-14-7-8-24-25(14)2)22-9-10-26-15-6-4-5-13(11-15)17(18,19)20/h4-8,11H,3,9-10,12H2,1-2H3,(H2,21,22,23). The van der Waals surface area contributed by atoms with E-state index in [9.17, 15) is 13.2 Å². The number of guanidine groups is 1. The fraction of sp³-hybridized carbons (Fsp3) is 0.412. The third-order valence-electron chi connectivity index (χ3n) is 3.49. The van der Waals surface area contributed by atoms with E-state index >= 15 is 0 Å². The molecule has 0 saturated heterocycles. The number of hydrogen-bond acceptors (Lipinski definition) is 3. The van der Waals surface area contributed by atoms with Crippen LogP contribution >= 0.6 is 0 Å². The molecule has 2 aromatic rings. The van der Waals surface area contributed by atoms with Crippen LogP contribution < -0.4 is 15.4 Å². The first kappa shape index (κ1) is 19.6. The fourth-order valence-electron chi connectivity index (χ4n) is 2.16. The Morgan fingerprint density at radius 3 is 2.73 bits per heavy atom. The molecule has 6 nitrogen and oxygen atoms in total. The normalized spacial score (nSPS) is 12.1. The van der Waals surface area contributed by atoms with E-state index in [1.54, 1.807) is 10.9 Å². The molecule has 2 N–H and O–H groups in total. The number of benzene rings is 1. The van der Waals surface area contributed by atoms with Gasteiger partial charge in [0.25, 0.3) is 0 Å². The molecule has 0 radical (unpaired) electrons. The van der Waals surface area contributed by atoms with Gasteiger partial charge in [-0.3, -0.25) is 4.68 Å². The summed E-state index contributed by atoms with van der Waals surface area (Å²) in [6.07, 6.45) is -2.68. The van der Waals surface area contributed by atoms with Crippen LogP contribution in [0.3, 0.4) is 0 Å². The Hall–Kier alpha value is -2.71. The molecule has 0 saturated carbocycles. The zero-order valence-electron chi connectivity index (χ0n) is 14.7. The van der Waals surface area contributed by atoms with Crippen molar-refractivity contribution in [2.75, 3.05) is 19.7 Å². The molecule has 0 amide bonds. The van der Waals surface area contributed by atoms with Crippen LogP contribution in [-0.2, 0) is 19.8 Å². The summed E-state index contributed by atoms with van der Waals surface area (Å²) in [5.41, 5.74) is 0.233. The first-order chi connectivity index (χ1) is 12.4. The third kappa shape index (κ3) is 5.98. The highest BCUT2D eigenvalue weighted by Crippen LogP contribution is 2.31. The first-order valence-corrected chi connectivity index (χ1v) is 8.19. The lowest BCUT2D eigenvalue weighted by atomic mass is 10.2. The van der Waals surface area contributed by atoms with E-state index in [-0.39, 0.29) is 12.4 Å². The molecule has 9 heteroatoms. The van der Waals surface area contributed by atoms with Gasteiger partial charge in [0.1, 0.15) is 12.4 Å². The number of aliphatic imine (C=N–C) groups is 1. The Morgan fingerprint density at radius 1 is 1.27 bits per heavy atom. The smallest absolute Gasteiger partial charge is 0.416 e. The lowest BCUT2D eigenvalue weighted by Crippen LogP contribution is -2.39. The van der Waals surface area contributed by atoms with Crippen molar-refractivity contribution in [2.24, 2.45) is 12.0 Å². The first-order valence-electron chi connectivity index (χ1n) is 8.19. The van der Waals surface area contributed by atoms with E-state index in [0.29, 0.717) is 25.6 Å². The Balaban J connectivity index is 1.83. The van der Waals surface area contributed by atoms with E-state index in [1.165, 1.54) is 12.1 Å². The van der Waals surface area contributed by atoms with Gasteiger partial charge in [-0.15, -0.1) is 0 Å². The van der Waals surface area contributed by atoms with Crippen LogP contribution in [-0.4, -0.2) is 35.4 Å². The Kier molecular flexibility index (Phi) is 6.88. The topological polar surface area (TPSA) is 63.5 Å². The summed E-state index contributed by atoms with van der Waals surface area (Å²) >= 11 is 0. The van der Waals surface area contributed by atoms with Crippen molar-refractivity contribution in [2.45, 2.75) is 19.6 Å². The molecule has 26 heavy (non-hydrogen) atoms. The second-order valence-corrected chi connectivity index (χ2v) is 5.44. The number of aryl methyl sites for hydroxylation is 1. The third-order valence-corrected chi connectivity index (χ3v) is 3.49. The summed E-state index contributed by atoms with van der Waals surface area (Å²) < 4.78 is 45.2. The highest BCUT2D eigenvalue weighted by atomic mass is 19.4. The monoisotopic (exact) mass is 369 g/mol. The van der Waals surface area contributed by atoms with Crippen LogP contribution in [0.4, 0.5) is 13.2 Å². The highest BCUT2D eigenvalue weighted by molar-refractivity contribution is 5.79. The number of rotatable bonds is 7. The molecule has 0 fully saturated rings. The van der Waals surface area contributed by atoms with Gasteiger partial charge in [0.15, 0.2) is 5.96 Å². The van der Waals surface area contributed by atoms with Gasteiger partial charge in [-0.25, -0.2) is 4.99 Å². The molecule has 0 unspecified atom stereocenters. The summed E-state index contributed by atoms with van der Waals surface area (Å²) in [7, 11) is 1.84. The zero-order chi connectivity index (χ0) is 19.0. The molecule has 0 aliphatic carbocycles. The average Bonchev–Trinajstić information content (AvgIpc) is 3.01. The lowest BCUT2D eigenvalue weighted by molar-refractivity contribution is -0.137. The van der Waals surface area contributed by atoms with Crippen molar-refractivity contribution in [1.29, 1.82) is 0 Å². The van der Waals surface area contributed by atoms with Crippen molar-refractivity contribution >= 4 is 5.96 Å². The Morgan fingerprint density at radius 2 is 2.08 bits per heavy atom. The number of alkyl halides is 3. The van der Waals surface area contributed by atoms with Crippen molar-refractivity contribution in [1.82, 2.24) is 20.4 Å². The van der Waals surface area contributed by atoms with E-state index in [0.717, 1.165) is 17.8 Å². The van der Waals surface area contributed by atoms with Crippen molar-refractivity contribution < 1.29 is 17.9 Å².